The molecule has 1 atom stereocenters. The van der Waals surface area contributed by atoms with Crippen LogP contribution in [0, 0.1) is 11.7 Å². The first-order chi connectivity index (χ1) is 9.29. The number of hydrogen-bond acceptors (Lipinski definition) is 1. The molecule has 0 saturated heterocycles. The lowest BCUT2D eigenvalue weighted by Crippen LogP contribution is -2.37. The van der Waals surface area contributed by atoms with Gasteiger partial charge in [0, 0.05) is 6.04 Å². The first-order valence-electron chi connectivity index (χ1n) is 7.77. The van der Waals surface area contributed by atoms with E-state index in [0.29, 0.717) is 6.04 Å². The lowest BCUT2D eigenvalue weighted by molar-refractivity contribution is 0.321. The van der Waals surface area contributed by atoms with Gasteiger partial charge >= 0.3 is 0 Å². The molecule has 1 nitrogen and oxygen atoms in total. The topological polar surface area (TPSA) is 12.0 Å². The Morgan fingerprint density at radius 3 is 2.32 bits per heavy atom. The van der Waals surface area contributed by atoms with E-state index in [4.69, 9.17) is 0 Å². The van der Waals surface area contributed by atoms with Crippen LogP contribution in [-0.4, -0.2) is 12.6 Å². The predicted molar refractivity (Wildman–Crippen MR) is 78.8 cm³/mol. The molecule has 0 aliphatic heterocycles. The summed E-state index contributed by atoms with van der Waals surface area (Å²) >= 11 is 0. The van der Waals surface area contributed by atoms with Gasteiger partial charge in [-0.2, -0.15) is 0 Å². The Bertz CT molecular complexity index is 352. The quantitative estimate of drug-likeness (QED) is 0.780. The molecule has 0 spiro atoms. The molecule has 1 aromatic rings. The highest BCUT2D eigenvalue weighted by molar-refractivity contribution is 5.17. The molecule has 1 saturated carbocycles. The molecular formula is C17H26FN. The van der Waals surface area contributed by atoms with E-state index in [0.717, 1.165) is 18.9 Å². The van der Waals surface area contributed by atoms with Crippen molar-refractivity contribution < 1.29 is 4.39 Å². The molecule has 0 bridgehead atoms. The first-order valence-corrected chi connectivity index (χ1v) is 7.77. The molecule has 106 valence electrons. The maximum atomic E-state index is 13.0. The minimum Gasteiger partial charge on any atom is -0.314 e. The molecule has 2 heteroatoms. The maximum absolute atomic E-state index is 13.0. The van der Waals surface area contributed by atoms with Gasteiger partial charge in [-0.3, -0.25) is 0 Å². The molecule has 1 N–H and O–H groups in total. The van der Waals surface area contributed by atoms with Crippen molar-refractivity contribution in [2.75, 3.05) is 6.54 Å². The minimum absolute atomic E-state index is 0.141. The van der Waals surface area contributed by atoms with Crippen LogP contribution < -0.4 is 5.32 Å². The molecule has 1 fully saturated rings. The number of likely N-dealkylation sites (N-methyl/N-ethyl adjacent to an activating group) is 1. The van der Waals surface area contributed by atoms with Crippen molar-refractivity contribution in [1.29, 1.82) is 0 Å². The van der Waals surface area contributed by atoms with Crippen molar-refractivity contribution in [2.45, 2.75) is 57.9 Å². The highest BCUT2D eigenvalue weighted by atomic mass is 19.1. The van der Waals surface area contributed by atoms with E-state index in [1.54, 1.807) is 12.1 Å². The van der Waals surface area contributed by atoms with Gasteiger partial charge in [0.25, 0.3) is 0 Å². The molecule has 1 aliphatic carbocycles. The van der Waals surface area contributed by atoms with E-state index in [1.807, 2.05) is 12.1 Å². The maximum Gasteiger partial charge on any atom is 0.123 e. The van der Waals surface area contributed by atoms with Gasteiger partial charge < -0.3 is 5.32 Å². The Hall–Kier alpha value is -0.890. The summed E-state index contributed by atoms with van der Waals surface area (Å²) in [6.07, 6.45) is 9.25. The van der Waals surface area contributed by atoms with Gasteiger partial charge in [0.15, 0.2) is 0 Å². The van der Waals surface area contributed by atoms with Gasteiger partial charge in [0.1, 0.15) is 5.82 Å². The molecule has 2 rings (SSSR count). The Morgan fingerprint density at radius 2 is 1.74 bits per heavy atom. The van der Waals surface area contributed by atoms with E-state index >= 15 is 0 Å². The Balaban J connectivity index is 1.99. The largest absolute Gasteiger partial charge is 0.314 e. The second-order valence-electron chi connectivity index (χ2n) is 5.75. The standard InChI is InChI=1S/C17H26FN/c1-2-19-17(15-7-5-3-4-6-8-15)13-14-9-11-16(18)12-10-14/h9-12,15,17,19H,2-8,13H2,1H3. The summed E-state index contributed by atoms with van der Waals surface area (Å²) in [7, 11) is 0. The van der Waals surface area contributed by atoms with Crippen LogP contribution in [0.2, 0.25) is 0 Å². The van der Waals surface area contributed by atoms with Crippen LogP contribution in [0.15, 0.2) is 24.3 Å². The zero-order valence-electron chi connectivity index (χ0n) is 12.0. The van der Waals surface area contributed by atoms with Gasteiger partial charge in [-0.1, -0.05) is 44.7 Å². The van der Waals surface area contributed by atoms with Crippen molar-refractivity contribution in [1.82, 2.24) is 5.32 Å². The summed E-state index contributed by atoms with van der Waals surface area (Å²) < 4.78 is 13.0. The fourth-order valence-corrected chi connectivity index (χ4v) is 3.26. The van der Waals surface area contributed by atoms with E-state index in [1.165, 1.54) is 44.1 Å². The van der Waals surface area contributed by atoms with Gasteiger partial charge in [0.2, 0.25) is 0 Å². The summed E-state index contributed by atoms with van der Waals surface area (Å²) in [4.78, 5) is 0. The second kappa shape index (κ2) is 7.64. The smallest absolute Gasteiger partial charge is 0.123 e. The Morgan fingerprint density at radius 1 is 1.11 bits per heavy atom. The highest BCUT2D eigenvalue weighted by Gasteiger charge is 2.22. The number of hydrogen-bond donors (Lipinski definition) is 1. The average molecular weight is 263 g/mol. The summed E-state index contributed by atoms with van der Waals surface area (Å²) in [6.45, 7) is 3.19. The van der Waals surface area contributed by atoms with Crippen molar-refractivity contribution in [3.63, 3.8) is 0 Å². The lowest BCUT2D eigenvalue weighted by Gasteiger charge is -2.27. The zero-order valence-corrected chi connectivity index (χ0v) is 12.0. The SMILES string of the molecule is CCNC(Cc1ccc(F)cc1)C1CCCCCC1. The van der Waals surface area contributed by atoms with E-state index in [-0.39, 0.29) is 5.82 Å². The monoisotopic (exact) mass is 263 g/mol. The molecule has 0 aromatic heterocycles. The van der Waals surface area contributed by atoms with Crippen molar-refractivity contribution >= 4 is 0 Å². The lowest BCUT2D eigenvalue weighted by atomic mass is 9.87. The molecule has 1 aromatic carbocycles. The van der Waals surface area contributed by atoms with Crippen LogP contribution in [0.25, 0.3) is 0 Å². The van der Waals surface area contributed by atoms with Crippen LogP contribution in [0.4, 0.5) is 4.39 Å². The number of halogens is 1. The van der Waals surface area contributed by atoms with Gasteiger partial charge in [-0.05, 0) is 49.4 Å². The van der Waals surface area contributed by atoms with Crippen LogP contribution in [0.3, 0.4) is 0 Å². The second-order valence-corrected chi connectivity index (χ2v) is 5.75. The third-order valence-corrected chi connectivity index (χ3v) is 4.30. The van der Waals surface area contributed by atoms with Crippen molar-refractivity contribution in [3.05, 3.63) is 35.6 Å². The van der Waals surface area contributed by atoms with E-state index in [9.17, 15) is 4.39 Å². The highest BCUT2D eigenvalue weighted by Crippen LogP contribution is 2.27. The van der Waals surface area contributed by atoms with Gasteiger partial charge in [-0.25, -0.2) is 4.39 Å². The summed E-state index contributed by atoms with van der Waals surface area (Å²) in [5, 5.41) is 3.65. The normalized spacial score (nSPS) is 19.1. The first kappa shape index (κ1) is 14.5. The zero-order chi connectivity index (χ0) is 13.5. The van der Waals surface area contributed by atoms with Crippen molar-refractivity contribution in [3.8, 4) is 0 Å². The predicted octanol–water partition coefficient (Wildman–Crippen LogP) is 4.32. The molecular weight excluding hydrogens is 237 g/mol. The van der Waals surface area contributed by atoms with E-state index in [2.05, 4.69) is 12.2 Å². The molecule has 1 unspecified atom stereocenters. The van der Waals surface area contributed by atoms with Gasteiger partial charge in [-0.15, -0.1) is 0 Å². The Kier molecular flexibility index (Phi) is 5.84. The van der Waals surface area contributed by atoms with Crippen molar-refractivity contribution in [2.24, 2.45) is 5.92 Å². The third kappa shape index (κ3) is 4.61. The van der Waals surface area contributed by atoms with Crippen LogP contribution in [0.1, 0.15) is 51.0 Å². The van der Waals surface area contributed by atoms with Crippen LogP contribution in [0.5, 0.6) is 0 Å². The van der Waals surface area contributed by atoms with Crippen LogP contribution in [-0.2, 0) is 6.42 Å². The average Bonchev–Trinajstić information content (AvgIpc) is 2.70. The fourth-order valence-electron chi connectivity index (χ4n) is 3.26. The fraction of sp³-hybridized carbons (Fsp3) is 0.647. The summed E-state index contributed by atoms with van der Waals surface area (Å²) in [6, 6.07) is 7.55. The number of nitrogens with one attached hydrogen (secondary N) is 1. The minimum atomic E-state index is -0.141. The molecule has 19 heavy (non-hydrogen) atoms. The van der Waals surface area contributed by atoms with Crippen LogP contribution >= 0.6 is 0 Å². The molecule has 1 aliphatic rings. The summed E-state index contributed by atoms with van der Waals surface area (Å²) in [5.74, 6) is 0.644. The molecule has 0 heterocycles. The van der Waals surface area contributed by atoms with Gasteiger partial charge in [0.05, 0.1) is 0 Å². The number of benzene rings is 1. The molecule has 0 amide bonds. The van der Waals surface area contributed by atoms with E-state index < -0.39 is 0 Å². The number of rotatable bonds is 5. The third-order valence-electron chi connectivity index (χ3n) is 4.30. The Labute approximate surface area is 116 Å². The molecule has 0 radical (unpaired) electrons. The summed E-state index contributed by atoms with van der Waals surface area (Å²) in [5.41, 5.74) is 1.25.